The lowest BCUT2D eigenvalue weighted by Crippen LogP contribution is -2.47. The quantitative estimate of drug-likeness (QED) is 0.643. The first-order valence-corrected chi connectivity index (χ1v) is 10.7. The van der Waals surface area contributed by atoms with E-state index < -0.39 is 6.10 Å². The van der Waals surface area contributed by atoms with Crippen LogP contribution >= 0.6 is 23.1 Å². The molecule has 152 valence electrons. The van der Waals surface area contributed by atoms with Gasteiger partial charge in [0.05, 0.1) is 13.2 Å². The number of ether oxygens (including phenoxy) is 1. The minimum atomic E-state index is -0.533. The van der Waals surface area contributed by atoms with Crippen molar-refractivity contribution in [1.82, 2.24) is 14.3 Å². The van der Waals surface area contributed by atoms with Crippen LogP contribution in [0.3, 0.4) is 0 Å². The summed E-state index contributed by atoms with van der Waals surface area (Å²) in [5.74, 6) is 1.50. The number of piperazine rings is 1. The molecule has 0 aliphatic carbocycles. The third kappa shape index (κ3) is 4.87. The van der Waals surface area contributed by atoms with Gasteiger partial charge in [0, 0.05) is 54.8 Å². The smallest absolute Gasteiger partial charge is 0.205 e. The number of halogens is 1. The maximum absolute atomic E-state index is 10.6. The fourth-order valence-corrected chi connectivity index (χ4v) is 4.25. The molecule has 1 fully saturated rings. The van der Waals surface area contributed by atoms with E-state index >= 15 is 0 Å². The number of hydrogen-bond acceptors (Lipinski definition) is 7. The predicted molar refractivity (Wildman–Crippen MR) is 117 cm³/mol. The average Bonchev–Trinajstić information content (AvgIpc) is 3.25. The predicted octanol–water partition coefficient (Wildman–Crippen LogP) is 3.72. The van der Waals surface area contributed by atoms with Crippen molar-refractivity contribution in [3.63, 3.8) is 0 Å². The van der Waals surface area contributed by atoms with E-state index in [2.05, 4.69) is 14.2 Å². The number of hydrogen-bond donors (Lipinski definition) is 1. The van der Waals surface area contributed by atoms with E-state index in [9.17, 15) is 5.11 Å². The summed E-state index contributed by atoms with van der Waals surface area (Å²) >= 11 is 7.38. The van der Waals surface area contributed by atoms with E-state index in [1.54, 1.807) is 7.11 Å². The molecule has 0 amide bonds. The highest BCUT2D eigenvalue weighted by molar-refractivity contribution is 7.09. The Bertz CT molecular complexity index is 942. The zero-order valence-electron chi connectivity index (χ0n) is 16.2. The molecule has 4 rings (SSSR count). The molecule has 1 unspecified atom stereocenters. The Kier molecular flexibility index (Phi) is 6.30. The molecule has 29 heavy (non-hydrogen) atoms. The van der Waals surface area contributed by atoms with Crippen molar-refractivity contribution in [2.45, 2.75) is 6.10 Å². The zero-order valence-corrected chi connectivity index (χ0v) is 17.7. The summed E-state index contributed by atoms with van der Waals surface area (Å²) in [4.78, 5) is 9.23. The van der Waals surface area contributed by atoms with E-state index in [-0.39, 0.29) is 0 Å². The summed E-state index contributed by atoms with van der Waals surface area (Å²) in [7, 11) is 1.64. The van der Waals surface area contributed by atoms with E-state index in [0.717, 1.165) is 54.0 Å². The SMILES string of the molecule is COc1cccc(C(O)CN2CCN(c3nc(-c4ccc(Cl)cc4)ns3)CC2)c1. The number of β-amino-alcohol motifs (C(OH)–C–C–N with tert-alkyl or cyclic N) is 1. The van der Waals surface area contributed by atoms with Crippen LogP contribution in [0.4, 0.5) is 5.13 Å². The molecule has 2 heterocycles. The van der Waals surface area contributed by atoms with E-state index in [4.69, 9.17) is 21.3 Å². The molecule has 1 saturated heterocycles. The molecule has 2 aromatic carbocycles. The van der Waals surface area contributed by atoms with Gasteiger partial charge in [-0.15, -0.1) is 0 Å². The van der Waals surface area contributed by atoms with Crippen molar-refractivity contribution in [3.8, 4) is 17.1 Å². The van der Waals surface area contributed by atoms with Gasteiger partial charge >= 0.3 is 0 Å². The third-order valence-corrected chi connectivity index (χ3v) is 6.10. The van der Waals surface area contributed by atoms with Crippen LogP contribution < -0.4 is 9.64 Å². The number of anilines is 1. The maximum Gasteiger partial charge on any atom is 0.205 e. The summed E-state index contributed by atoms with van der Waals surface area (Å²) in [6.07, 6.45) is -0.533. The lowest BCUT2D eigenvalue weighted by Gasteiger charge is -2.35. The summed E-state index contributed by atoms with van der Waals surface area (Å²) in [6.45, 7) is 4.07. The van der Waals surface area contributed by atoms with Gasteiger partial charge in [-0.1, -0.05) is 23.7 Å². The van der Waals surface area contributed by atoms with Gasteiger partial charge in [0.2, 0.25) is 5.13 Å². The average molecular weight is 431 g/mol. The van der Waals surface area contributed by atoms with Gasteiger partial charge in [-0.25, -0.2) is 0 Å². The van der Waals surface area contributed by atoms with Gasteiger partial charge in [-0.3, -0.25) is 4.90 Å². The first kappa shape index (κ1) is 20.1. The molecule has 0 radical (unpaired) electrons. The van der Waals surface area contributed by atoms with Crippen LogP contribution in [-0.2, 0) is 0 Å². The summed E-state index contributed by atoms with van der Waals surface area (Å²) in [5, 5.41) is 12.2. The van der Waals surface area contributed by atoms with Crippen molar-refractivity contribution in [2.75, 3.05) is 44.7 Å². The normalized spacial score (nSPS) is 16.0. The van der Waals surface area contributed by atoms with Crippen LogP contribution in [0.15, 0.2) is 48.5 Å². The Morgan fingerprint density at radius 2 is 1.90 bits per heavy atom. The highest BCUT2D eigenvalue weighted by atomic mass is 35.5. The minimum absolute atomic E-state index is 0.533. The lowest BCUT2D eigenvalue weighted by atomic mass is 10.1. The summed E-state index contributed by atoms with van der Waals surface area (Å²) in [6, 6.07) is 15.2. The first-order chi connectivity index (χ1) is 14.1. The topological polar surface area (TPSA) is 61.7 Å². The zero-order chi connectivity index (χ0) is 20.2. The van der Waals surface area contributed by atoms with Crippen molar-refractivity contribution in [3.05, 3.63) is 59.1 Å². The van der Waals surface area contributed by atoms with Crippen molar-refractivity contribution < 1.29 is 9.84 Å². The molecule has 1 aliphatic heterocycles. The molecular formula is C21H23ClN4O2S. The van der Waals surface area contributed by atoms with Gasteiger partial charge in [0.1, 0.15) is 5.75 Å². The second-order valence-corrected chi connectivity index (χ2v) is 8.15. The molecule has 1 atom stereocenters. The Labute approximate surface area is 179 Å². The van der Waals surface area contributed by atoms with Gasteiger partial charge in [0.15, 0.2) is 5.82 Å². The molecule has 8 heteroatoms. The van der Waals surface area contributed by atoms with Crippen LogP contribution in [0.25, 0.3) is 11.4 Å². The van der Waals surface area contributed by atoms with E-state index in [1.807, 2.05) is 48.5 Å². The second kappa shape index (κ2) is 9.09. The Morgan fingerprint density at radius 1 is 1.14 bits per heavy atom. The fourth-order valence-electron chi connectivity index (χ4n) is 3.38. The molecule has 1 aliphatic rings. The number of nitrogens with zero attached hydrogens (tertiary/aromatic N) is 4. The number of aromatic nitrogens is 2. The fraction of sp³-hybridized carbons (Fsp3) is 0.333. The Morgan fingerprint density at radius 3 is 2.62 bits per heavy atom. The van der Waals surface area contributed by atoms with Crippen LogP contribution in [0, 0.1) is 0 Å². The molecule has 1 aromatic heterocycles. The van der Waals surface area contributed by atoms with E-state index in [1.165, 1.54) is 11.5 Å². The third-order valence-electron chi connectivity index (χ3n) is 5.07. The number of aliphatic hydroxyl groups is 1. The monoisotopic (exact) mass is 430 g/mol. The van der Waals surface area contributed by atoms with Crippen LogP contribution in [0.5, 0.6) is 5.75 Å². The minimum Gasteiger partial charge on any atom is -0.497 e. The largest absolute Gasteiger partial charge is 0.497 e. The number of rotatable bonds is 6. The number of aliphatic hydroxyl groups excluding tert-OH is 1. The van der Waals surface area contributed by atoms with Crippen molar-refractivity contribution in [1.29, 1.82) is 0 Å². The second-order valence-electron chi connectivity index (χ2n) is 6.99. The van der Waals surface area contributed by atoms with Crippen LogP contribution in [0.2, 0.25) is 5.02 Å². The standard InChI is InChI=1S/C21H23ClN4O2S/c1-28-18-4-2-3-16(13-18)19(27)14-25-9-11-26(12-10-25)21-23-20(24-29-21)15-5-7-17(22)8-6-15/h2-8,13,19,27H,9-12,14H2,1H3. The van der Waals surface area contributed by atoms with Gasteiger partial charge in [-0.2, -0.15) is 9.36 Å². The van der Waals surface area contributed by atoms with Gasteiger partial charge in [-0.05, 0) is 42.0 Å². The molecule has 0 bridgehead atoms. The summed E-state index contributed by atoms with van der Waals surface area (Å²) in [5.41, 5.74) is 1.85. The number of methoxy groups -OCH3 is 1. The van der Waals surface area contributed by atoms with Crippen molar-refractivity contribution in [2.24, 2.45) is 0 Å². The van der Waals surface area contributed by atoms with E-state index in [0.29, 0.717) is 11.6 Å². The lowest BCUT2D eigenvalue weighted by molar-refractivity contribution is 0.109. The van der Waals surface area contributed by atoms with Gasteiger partial charge in [0.25, 0.3) is 0 Å². The maximum atomic E-state index is 10.6. The molecule has 3 aromatic rings. The molecule has 0 spiro atoms. The molecule has 0 saturated carbocycles. The molecule has 6 nitrogen and oxygen atoms in total. The van der Waals surface area contributed by atoms with Crippen LogP contribution in [0.1, 0.15) is 11.7 Å². The highest BCUT2D eigenvalue weighted by Gasteiger charge is 2.22. The highest BCUT2D eigenvalue weighted by Crippen LogP contribution is 2.26. The number of benzene rings is 2. The Hall–Kier alpha value is -2.19. The first-order valence-electron chi connectivity index (χ1n) is 9.51. The summed E-state index contributed by atoms with van der Waals surface area (Å²) < 4.78 is 9.74. The van der Waals surface area contributed by atoms with Crippen LogP contribution in [-0.4, -0.2) is 59.2 Å². The Balaban J connectivity index is 1.33. The molecule has 1 N–H and O–H groups in total. The molecular weight excluding hydrogens is 408 g/mol. The van der Waals surface area contributed by atoms with Crippen molar-refractivity contribution >= 4 is 28.3 Å². The van der Waals surface area contributed by atoms with Gasteiger partial charge < -0.3 is 14.7 Å².